The molecule has 2 aliphatic heterocycles. The number of hydrazine groups is 1. The first kappa shape index (κ1) is 22.6. The summed E-state index contributed by atoms with van der Waals surface area (Å²) in [5, 5.41) is 1.87. The molecule has 34 heavy (non-hydrogen) atoms. The Hall–Kier alpha value is -3.19. The van der Waals surface area contributed by atoms with Gasteiger partial charge in [-0.2, -0.15) is 0 Å². The predicted octanol–water partition coefficient (Wildman–Crippen LogP) is 4.87. The summed E-state index contributed by atoms with van der Waals surface area (Å²) in [5.74, 6) is -2.12. The smallest absolute Gasteiger partial charge is 0.268 e. The number of carbonyl (C=O) groups is 3. The molecule has 2 heterocycles. The number of nitrogens with zero attached hydrogens (tertiary/aromatic N) is 2. The molecule has 0 saturated carbocycles. The van der Waals surface area contributed by atoms with E-state index in [1.807, 2.05) is 50.2 Å². The van der Waals surface area contributed by atoms with Gasteiger partial charge in [-0.15, -0.1) is 0 Å². The second-order valence-electron chi connectivity index (χ2n) is 8.64. The molecule has 0 bridgehead atoms. The third kappa shape index (κ3) is 3.68. The molecule has 8 heteroatoms. The maximum absolute atomic E-state index is 13.7. The number of fused-ring (bicyclic) bond motifs is 1. The molecule has 3 aromatic carbocycles. The van der Waals surface area contributed by atoms with Gasteiger partial charge >= 0.3 is 0 Å². The minimum absolute atomic E-state index is 0.186. The molecule has 0 spiro atoms. The van der Waals surface area contributed by atoms with E-state index >= 15 is 0 Å². The van der Waals surface area contributed by atoms with E-state index in [4.69, 9.17) is 23.2 Å². The summed E-state index contributed by atoms with van der Waals surface area (Å²) in [6, 6.07) is 17.8. The summed E-state index contributed by atoms with van der Waals surface area (Å²) >= 11 is 12.4. The summed E-state index contributed by atoms with van der Waals surface area (Å²) < 4.78 is 0. The Morgan fingerprint density at radius 2 is 1.47 bits per heavy atom. The van der Waals surface area contributed by atoms with Crippen molar-refractivity contribution in [1.29, 1.82) is 0 Å². The minimum Gasteiger partial charge on any atom is -0.274 e. The van der Waals surface area contributed by atoms with Crippen molar-refractivity contribution in [3.63, 3.8) is 0 Å². The first-order valence-electron chi connectivity index (χ1n) is 10.8. The monoisotopic (exact) mass is 493 g/mol. The van der Waals surface area contributed by atoms with Gasteiger partial charge in [0.05, 0.1) is 22.7 Å². The van der Waals surface area contributed by atoms with Gasteiger partial charge in [0.15, 0.2) is 0 Å². The van der Waals surface area contributed by atoms with Crippen LogP contribution in [0, 0.1) is 19.8 Å². The zero-order chi connectivity index (χ0) is 24.1. The highest BCUT2D eigenvalue weighted by Crippen LogP contribution is 2.44. The Kier molecular flexibility index (Phi) is 5.68. The number of hydrogen-bond donors (Lipinski definition) is 1. The summed E-state index contributed by atoms with van der Waals surface area (Å²) in [6.07, 6.45) is 0. The molecular weight excluding hydrogens is 473 g/mol. The van der Waals surface area contributed by atoms with Gasteiger partial charge in [0, 0.05) is 10.6 Å². The van der Waals surface area contributed by atoms with Crippen LogP contribution >= 0.6 is 23.2 Å². The first-order chi connectivity index (χ1) is 16.3. The zero-order valence-electron chi connectivity index (χ0n) is 18.5. The number of halogens is 2. The number of aryl methyl sites for hydroxylation is 2. The van der Waals surface area contributed by atoms with Crippen LogP contribution < -0.4 is 10.3 Å². The van der Waals surface area contributed by atoms with Crippen molar-refractivity contribution in [2.24, 2.45) is 5.92 Å². The molecule has 2 saturated heterocycles. The van der Waals surface area contributed by atoms with Crippen molar-refractivity contribution < 1.29 is 14.4 Å². The van der Waals surface area contributed by atoms with Crippen molar-refractivity contribution in [3.8, 4) is 0 Å². The summed E-state index contributed by atoms with van der Waals surface area (Å²) in [4.78, 5) is 41.9. The molecule has 0 aromatic heterocycles. The molecule has 2 fully saturated rings. The normalized spacial score (nSPS) is 21.8. The molecule has 3 aromatic rings. The van der Waals surface area contributed by atoms with E-state index in [2.05, 4.69) is 5.43 Å². The molecule has 3 amide bonds. The summed E-state index contributed by atoms with van der Waals surface area (Å²) in [7, 11) is 0. The summed E-state index contributed by atoms with van der Waals surface area (Å²) in [5.41, 5.74) is 6.72. The molecule has 5 rings (SSSR count). The molecular formula is C26H21Cl2N3O3. The number of benzene rings is 3. The lowest BCUT2D eigenvalue weighted by molar-refractivity contribution is -0.123. The van der Waals surface area contributed by atoms with Crippen LogP contribution in [0.1, 0.15) is 33.1 Å². The van der Waals surface area contributed by atoms with E-state index in [0.717, 1.165) is 21.6 Å². The van der Waals surface area contributed by atoms with E-state index in [0.29, 0.717) is 10.6 Å². The molecule has 1 N–H and O–H groups in total. The SMILES string of the molecule is Cc1ccc(C(=O)N2N[C@H](c3ccc(C)cc3)[C@H]3C(=O)N(c4ccc(Cl)cc4Cl)C(=O)[C@H]32)cc1. The van der Waals surface area contributed by atoms with E-state index in [1.54, 1.807) is 24.3 Å². The van der Waals surface area contributed by atoms with Gasteiger partial charge in [0.2, 0.25) is 5.91 Å². The maximum Gasteiger partial charge on any atom is 0.268 e. The number of anilines is 1. The van der Waals surface area contributed by atoms with Gasteiger partial charge in [0.25, 0.3) is 11.8 Å². The highest BCUT2D eigenvalue weighted by Gasteiger charge is 2.60. The summed E-state index contributed by atoms with van der Waals surface area (Å²) in [6.45, 7) is 3.90. The van der Waals surface area contributed by atoms with Crippen molar-refractivity contribution >= 4 is 46.6 Å². The quantitative estimate of drug-likeness (QED) is 0.528. The Balaban J connectivity index is 1.59. The van der Waals surface area contributed by atoms with Gasteiger partial charge in [-0.1, -0.05) is 70.7 Å². The van der Waals surface area contributed by atoms with Crippen LogP contribution in [0.4, 0.5) is 5.69 Å². The molecule has 0 unspecified atom stereocenters. The van der Waals surface area contributed by atoms with Gasteiger partial charge in [-0.25, -0.2) is 10.3 Å². The standard InChI is InChI=1S/C26H21Cl2N3O3/c1-14-3-7-16(8-4-14)22-21-23(31(29-22)24(32)17-9-5-15(2)6-10-17)26(34)30(25(21)33)20-12-11-18(27)13-19(20)28/h3-13,21-23,29H,1-2H3/t21-,22-,23+/m1/s1. The van der Waals surface area contributed by atoms with E-state index in [9.17, 15) is 14.4 Å². The van der Waals surface area contributed by atoms with Gasteiger partial charge in [0.1, 0.15) is 6.04 Å². The highest BCUT2D eigenvalue weighted by atomic mass is 35.5. The first-order valence-corrected chi connectivity index (χ1v) is 11.6. The van der Waals surface area contributed by atoms with Crippen LogP contribution in [0.15, 0.2) is 66.7 Å². The predicted molar refractivity (Wildman–Crippen MR) is 131 cm³/mol. The van der Waals surface area contributed by atoms with E-state index in [1.165, 1.54) is 11.1 Å². The molecule has 0 radical (unpaired) electrons. The number of rotatable bonds is 3. The Morgan fingerprint density at radius 3 is 2.09 bits per heavy atom. The van der Waals surface area contributed by atoms with Crippen LogP contribution in [0.2, 0.25) is 10.0 Å². The van der Waals surface area contributed by atoms with Crippen LogP contribution in [-0.2, 0) is 9.59 Å². The van der Waals surface area contributed by atoms with Crippen molar-refractivity contribution in [3.05, 3.63) is 99.0 Å². The topological polar surface area (TPSA) is 69.7 Å². The fourth-order valence-corrected chi connectivity index (χ4v) is 5.05. The lowest BCUT2D eigenvalue weighted by atomic mass is 9.90. The fraction of sp³-hybridized carbons (Fsp3) is 0.192. The van der Waals surface area contributed by atoms with E-state index in [-0.39, 0.29) is 16.6 Å². The minimum atomic E-state index is -1.01. The lowest BCUT2D eigenvalue weighted by Crippen LogP contribution is -2.48. The average Bonchev–Trinajstić information content (AvgIpc) is 3.32. The van der Waals surface area contributed by atoms with Gasteiger partial charge in [-0.05, 0) is 49.7 Å². The van der Waals surface area contributed by atoms with Crippen LogP contribution in [0.5, 0.6) is 0 Å². The van der Waals surface area contributed by atoms with Crippen LogP contribution in [-0.4, -0.2) is 28.8 Å². The third-order valence-electron chi connectivity index (χ3n) is 6.34. The number of carbonyl (C=O) groups excluding carboxylic acids is 3. The van der Waals surface area contributed by atoms with Crippen LogP contribution in [0.25, 0.3) is 0 Å². The maximum atomic E-state index is 13.7. The van der Waals surface area contributed by atoms with Gasteiger partial charge < -0.3 is 0 Å². The number of imide groups is 1. The second-order valence-corrected chi connectivity index (χ2v) is 9.48. The van der Waals surface area contributed by atoms with Gasteiger partial charge in [-0.3, -0.25) is 19.4 Å². The second kappa shape index (κ2) is 8.55. The highest BCUT2D eigenvalue weighted by molar-refractivity contribution is 6.38. The Labute approximate surface area is 207 Å². The molecule has 0 aliphatic carbocycles. The largest absolute Gasteiger partial charge is 0.274 e. The fourth-order valence-electron chi connectivity index (χ4n) is 4.56. The Morgan fingerprint density at radius 1 is 0.853 bits per heavy atom. The number of hydrogen-bond acceptors (Lipinski definition) is 4. The zero-order valence-corrected chi connectivity index (χ0v) is 20.0. The van der Waals surface area contributed by atoms with Crippen molar-refractivity contribution in [2.45, 2.75) is 25.9 Å². The lowest BCUT2D eigenvalue weighted by Gasteiger charge is -2.25. The number of amides is 3. The molecule has 6 nitrogen and oxygen atoms in total. The third-order valence-corrected chi connectivity index (χ3v) is 6.88. The molecule has 2 aliphatic rings. The van der Waals surface area contributed by atoms with E-state index < -0.39 is 29.8 Å². The average molecular weight is 494 g/mol. The molecule has 3 atom stereocenters. The molecule has 172 valence electrons. The van der Waals surface area contributed by atoms with Crippen LogP contribution in [0.3, 0.4) is 0 Å². The number of nitrogens with one attached hydrogen (secondary N) is 1. The van der Waals surface area contributed by atoms with Crippen molar-refractivity contribution in [1.82, 2.24) is 10.4 Å². The van der Waals surface area contributed by atoms with Crippen molar-refractivity contribution in [2.75, 3.05) is 4.90 Å². The Bertz CT molecular complexity index is 1310.